The number of nitrogens with one attached hydrogen (secondary N) is 1. The van der Waals surface area contributed by atoms with Crippen LogP contribution in [0.4, 0.5) is 5.69 Å². The predicted molar refractivity (Wildman–Crippen MR) is 77.6 cm³/mol. The van der Waals surface area contributed by atoms with Crippen LogP contribution in [0.25, 0.3) is 11.6 Å². The van der Waals surface area contributed by atoms with Crippen molar-refractivity contribution in [2.24, 2.45) is 0 Å². The Bertz CT molecular complexity index is 719. The van der Waals surface area contributed by atoms with E-state index in [9.17, 15) is 9.90 Å². The lowest BCUT2D eigenvalue weighted by atomic mass is 10.0. The van der Waals surface area contributed by atoms with Crippen molar-refractivity contribution in [2.45, 2.75) is 0 Å². The molecule has 4 nitrogen and oxygen atoms in total. The number of carbonyl (C=O) groups is 1. The summed E-state index contributed by atoms with van der Waals surface area (Å²) in [7, 11) is 1.54. The molecule has 1 aliphatic rings. The van der Waals surface area contributed by atoms with E-state index >= 15 is 0 Å². The number of phenols is 1. The zero-order valence-corrected chi connectivity index (χ0v) is 10.9. The second-order valence-corrected chi connectivity index (χ2v) is 4.48. The van der Waals surface area contributed by atoms with Gasteiger partial charge in [-0.05, 0) is 24.3 Å². The van der Waals surface area contributed by atoms with Gasteiger partial charge < -0.3 is 15.2 Å². The molecule has 0 radical (unpaired) electrons. The number of methoxy groups -OCH3 is 1. The monoisotopic (exact) mass is 267 g/mol. The molecule has 2 aromatic carbocycles. The van der Waals surface area contributed by atoms with Crippen molar-refractivity contribution in [3.8, 4) is 11.5 Å². The Hall–Kier alpha value is -2.75. The first-order valence-corrected chi connectivity index (χ1v) is 6.18. The first-order chi connectivity index (χ1) is 9.69. The highest BCUT2D eigenvalue weighted by Crippen LogP contribution is 2.34. The summed E-state index contributed by atoms with van der Waals surface area (Å²) in [4.78, 5) is 12.0. The van der Waals surface area contributed by atoms with Gasteiger partial charge in [0.15, 0.2) is 0 Å². The van der Waals surface area contributed by atoms with Crippen LogP contribution in [0.3, 0.4) is 0 Å². The number of rotatable bonds is 2. The van der Waals surface area contributed by atoms with Crippen LogP contribution in [-0.2, 0) is 4.79 Å². The van der Waals surface area contributed by atoms with E-state index in [1.54, 1.807) is 18.2 Å². The molecule has 0 unspecified atom stereocenters. The lowest BCUT2D eigenvalue weighted by Gasteiger charge is -2.04. The first kappa shape index (κ1) is 12.3. The summed E-state index contributed by atoms with van der Waals surface area (Å²) < 4.78 is 5.04. The lowest BCUT2D eigenvalue weighted by molar-refractivity contribution is -0.110. The number of benzene rings is 2. The van der Waals surface area contributed by atoms with Crippen molar-refractivity contribution in [1.82, 2.24) is 0 Å². The molecule has 0 saturated heterocycles. The van der Waals surface area contributed by atoms with Crippen molar-refractivity contribution in [3.63, 3.8) is 0 Å². The van der Waals surface area contributed by atoms with Crippen LogP contribution < -0.4 is 10.1 Å². The van der Waals surface area contributed by atoms with Gasteiger partial charge in [-0.3, -0.25) is 4.79 Å². The molecule has 2 N–H and O–H groups in total. The number of phenolic OH excluding ortho intramolecular Hbond substituents is 1. The maximum atomic E-state index is 12.0. The fourth-order valence-electron chi connectivity index (χ4n) is 2.21. The van der Waals surface area contributed by atoms with Gasteiger partial charge in [0.25, 0.3) is 5.91 Å². The molecular formula is C16H13NO3. The van der Waals surface area contributed by atoms with E-state index in [0.717, 1.165) is 11.3 Å². The summed E-state index contributed by atoms with van der Waals surface area (Å²) in [6, 6.07) is 12.4. The van der Waals surface area contributed by atoms with Crippen LogP contribution in [0.15, 0.2) is 42.5 Å². The minimum absolute atomic E-state index is 0.0778. The maximum absolute atomic E-state index is 12.0. The van der Waals surface area contributed by atoms with Crippen molar-refractivity contribution in [2.75, 3.05) is 12.4 Å². The summed E-state index contributed by atoms with van der Waals surface area (Å²) in [5.74, 6) is 0.483. The predicted octanol–water partition coefficient (Wildman–Crippen LogP) is 2.89. The second-order valence-electron chi connectivity index (χ2n) is 4.48. The molecule has 2 aromatic rings. The molecule has 0 aromatic heterocycles. The Morgan fingerprint density at radius 3 is 2.75 bits per heavy atom. The molecule has 3 rings (SSSR count). The molecule has 0 saturated carbocycles. The Labute approximate surface area is 116 Å². The number of hydrogen-bond acceptors (Lipinski definition) is 3. The topological polar surface area (TPSA) is 58.6 Å². The third-order valence-electron chi connectivity index (χ3n) is 3.25. The normalized spacial score (nSPS) is 15.1. The molecule has 1 amide bonds. The number of ether oxygens (including phenoxy) is 1. The molecule has 1 heterocycles. The zero-order valence-electron chi connectivity index (χ0n) is 10.9. The van der Waals surface area contributed by atoms with E-state index in [-0.39, 0.29) is 11.7 Å². The van der Waals surface area contributed by atoms with Crippen molar-refractivity contribution < 1.29 is 14.6 Å². The van der Waals surface area contributed by atoms with Crippen LogP contribution in [0.1, 0.15) is 11.1 Å². The first-order valence-electron chi connectivity index (χ1n) is 6.18. The summed E-state index contributed by atoms with van der Waals surface area (Å²) in [5, 5.41) is 12.8. The Balaban J connectivity index is 2.07. The fourth-order valence-corrected chi connectivity index (χ4v) is 2.21. The highest BCUT2D eigenvalue weighted by atomic mass is 16.5. The molecule has 0 aliphatic carbocycles. The SMILES string of the molecule is COc1ccc(/C=C2/C(=O)Nc3ccccc32)c(O)c1. The minimum Gasteiger partial charge on any atom is -0.507 e. The molecule has 0 spiro atoms. The van der Waals surface area contributed by atoms with Crippen LogP contribution in [0.2, 0.25) is 0 Å². The zero-order chi connectivity index (χ0) is 14.1. The van der Waals surface area contributed by atoms with E-state index in [2.05, 4.69) is 5.32 Å². The molecule has 4 heteroatoms. The highest BCUT2D eigenvalue weighted by molar-refractivity contribution is 6.35. The van der Waals surface area contributed by atoms with Gasteiger partial charge in [0.2, 0.25) is 0 Å². The van der Waals surface area contributed by atoms with Crippen LogP contribution in [-0.4, -0.2) is 18.1 Å². The van der Waals surface area contributed by atoms with Gasteiger partial charge in [-0.2, -0.15) is 0 Å². The van der Waals surface area contributed by atoms with Crippen LogP contribution in [0, 0.1) is 0 Å². The van der Waals surface area contributed by atoms with Gasteiger partial charge in [-0.1, -0.05) is 18.2 Å². The number of para-hydroxylation sites is 1. The average Bonchev–Trinajstić information content (AvgIpc) is 2.77. The standard InChI is InChI=1S/C16H13NO3/c1-20-11-7-6-10(15(18)9-11)8-13-12-4-2-3-5-14(12)17-16(13)19/h2-9,18H,1H3,(H,17,19)/b13-8+. The van der Waals surface area contributed by atoms with Gasteiger partial charge in [0.05, 0.1) is 7.11 Å². The number of fused-ring (bicyclic) bond motifs is 1. The molecule has 20 heavy (non-hydrogen) atoms. The number of aromatic hydroxyl groups is 1. The van der Waals surface area contributed by atoms with Gasteiger partial charge in [0, 0.05) is 28.5 Å². The maximum Gasteiger partial charge on any atom is 0.256 e. The summed E-state index contributed by atoms with van der Waals surface area (Å²) in [6.45, 7) is 0. The summed E-state index contributed by atoms with van der Waals surface area (Å²) >= 11 is 0. The van der Waals surface area contributed by atoms with Crippen molar-refractivity contribution >= 4 is 23.2 Å². The van der Waals surface area contributed by atoms with Crippen LogP contribution in [0.5, 0.6) is 11.5 Å². The quantitative estimate of drug-likeness (QED) is 0.822. The molecule has 0 atom stereocenters. The van der Waals surface area contributed by atoms with E-state index in [4.69, 9.17) is 4.74 Å². The Morgan fingerprint density at radius 1 is 1.20 bits per heavy atom. The highest BCUT2D eigenvalue weighted by Gasteiger charge is 2.23. The molecule has 1 aliphatic heterocycles. The molecule has 0 bridgehead atoms. The van der Waals surface area contributed by atoms with E-state index in [0.29, 0.717) is 16.9 Å². The van der Waals surface area contributed by atoms with Crippen LogP contribution >= 0.6 is 0 Å². The van der Waals surface area contributed by atoms with Gasteiger partial charge in [0.1, 0.15) is 11.5 Å². The molecular weight excluding hydrogens is 254 g/mol. The molecule has 0 fully saturated rings. The second kappa shape index (κ2) is 4.74. The smallest absolute Gasteiger partial charge is 0.256 e. The van der Waals surface area contributed by atoms with Gasteiger partial charge >= 0.3 is 0 Å². The van der Waals surface area contributed by atoms with Crippen molar-refractivity contribution in [1.29, 1.82) is 0 Å². The summed E-state index contributed by atoms with van der Waals surface area (Å²) in [5.41, 5.74) is 2.75. The third kappa shape index (κ3) is 2.01. The number of hydrogen-bond donors (Lipinski definition) is 2. The van der Waals surface area contributed by atoms with E-state index in [1.165, 1.54) is 13.2 Å². The summed E-state index contributed by atoms with van der Waals surface area (Å²) in [6.07, 6.45) is 1.68. The molecule has 100 valence electrons. The Kier molecular flexibility index (Phi) is 2.91. The number of carbonyl (C=O) groups excluding carboxylic acids is 1. The largest absolute Gasteiger partial charge is 0.507 e. The average molecular weight is 267 g/mol. The number of amides is 1. The number of anilines is 1. The van der Waals surface area contributed by atoms with Crippen molar-refractivity contribution in [3.05, 3.63) is 53.6 Å². The lowest BCUT2D eigenvalue weighted by Crippen LogP contribution is -2.03. The third-order valence-corrected chi connectivity index (χ3v) is 3.25. The fraction of sp³-hybridized carbons (Fsp3) is 0.0625. The Morgan fingerprint density at radius 2 is 2.00 bits per heavy atom. The van der Waals surface area contributed by atoms with Gasteiger partial charge in [-0.25, -0.2) is 0 Å². The van der Waals surface area contributed by atoms with E-state index < -0.39 is 0 Å². The minimum atomic E-state index is -0.165. The van der Waals surface area contributed by atoms with E-state index in [1.807, 2.05) is 24.3 Å². The van der Waals surface area contributed by atoms with Gasteiger partial charge in [-0.15, -0.1) is 0 Å².